The van der Waals surface area contributed by atoms with Crippen LogP contribution in [0.2, 0.25) is 0 Å². The minimum absolute atomic E-state index is 0.212. The Balaban J connectivity index is 2.47. The average Bonchev–Trinajstić information content (AvgIpc) is 2.47. The molecule has 1 saturated heterocycles. The van der Waals surface area contributed by atoms with Gasteiger partial charge >= 0.3 is 0 Å². The molecule has 0 aliphatic carbocycles. The van der Waals surface area contributed by atoms with Crippen molar-refractivity contribution in [1.82, 2.24) is 4.31 Å². The predicted molar refractivity (Wildman–Crippen MR) is 83.0 cm³/mol. The van der Waals surface area contributed by atoms with Crippen LogP contribution in [0, 0.1) is 0 Å². The molecule has 1 aromatic carbocycles. The average molecular weight is 317 g/mol. The quantitative estimate of drug-likeness (QED) is 0.802. The number of anilines is 1. The van der Waals surface area contributed by atoms with E-state index in [4.69, 9.17) is 11.6 Å². The van der Waals surface area contributed by atoms with Gasteiger partial charge in [-0.25, -0.2) is 12.7 Å². The molecule has 0 amide bonds. The van der Waals surface area contributed by atoms with Crippen LogP contribution in [0.25, 0.3) is 0 Å². The van der Waals surface area contributed by atoms with Gasteiger partial charge in [0.2, 0.25) is 10.0 Å². The molecule has 1 aliphatic rings. The van der Waals surface area contributed by atoms with Gasteiger partial charge in [0.05, 0.1) is 5.69 Å². The van der Waals surface area contributed by atoms with Crippen LogP contribution < -0.4 is 4.90 Å². The van der Waals surface area contributed by atoms with Crippen LogP contribution >= 0.6 is 11.6 Å². The topological polar surface area (TPSA) is 40.6 Å². The standard InChI is InChI=1S/C14H21ClN2O2S/c1-16(2)20(18,19)14-9-4-3-8-13(14)17-10-6-5-7-12(17)11-15/h3-4,8-9,12H,5-7,10-11H2,1-2H3. The molecule has 1 atom stereocenters. The first-order valence-electron chi connectivity index (χ1n) is 6.82. The molecule has 1 aliphatic heterocycles. The highest BCUT2D eigenvalue weighted by molar-refractivity contribution is 7.89. The second-order valence-corrected chi connectivity index (χ2v) is 7.68. The predicted octanol–water partition coefficient (Wildman–Crippen LogP) is 2.53. The normalized spacial score (nSPS) is 20.4. The lowest BCUT2D eigenvalue weighted by molar-refractivity contribution is 0.483. The molecule has 0 bridgehead atoms. The van der Waals surface area contributed by atoms with E-state index in [1.165, 1.54) is 4.31 Å². The number of benzene rings is 1. The third-order valence-electron chi connectivity index (χ3n) is 3.74. The first-order valence-corrected chi connectivity index (χ1v) is 8.80. The van der Waals surface area contributed by atoms with Crippen molar-refractivity contribution >= 4 is 27.3 Å². The van der Waals surface area contributed by atoms with Gasteiger partial charge in [-0.2, -0.15) is 0 Å². The van der Waals surface area contributed by atoms with Gasteiger partial charge in [0.15, 0.2) is 0 Å². The Morgan fingerprint density at radius 2 is 2.00 bits per heavy atom. The van der Waals surface area contributed by atoms with E-state index >= 15 is 0 Å². The molecule has 112 valence electrons. The Morgan fingerprint density at radius 1 is 1.30 bits per heavy atom. The van der Waals surface area contributed by atoms with Crippen LogP contribution in [0.1, 0.15) is 19.3 Å². The zero-order valence-electron chi connectivity index (χ0n) is 11.9. The number of alkyl halides is 1. The molecule has 20 heavy (non-hydrogen) atoms. The lowest BCUT2D eigenvalue weighted by Gasteiger charge is -2.37. The minimum atomic E-state index is -3.44. The molecular weight excluding hydrogens is 296 g/mol. The van der Waals surface area contributed by atoms with Gasteiger partial charge in [-0.1, -0.05) is 12.1 Å². The molecule has 0 spiro atoms. The first kappa shape index (κ1) is 15.6. The molecule has 1 fully saturated rings. The number of hydrogen-bond donors (Lipinski definition) is 0. The number of rotatable bonds is 4. The number of halogens is 1. The zero-order chi connectivity index (χ0) is 14.8. The van der Waals surface area contributed by atoms with E-state index in [1.807, 2.05) is 12.1 Å². The molecule has 0 saturated carbocycles. The highest BCUT2D eigenvalue weighted by Gasteiger charge is 2.28. The smallest absolute Gasteiger partial charge is 0.244 e. The Bertz CT molecular complexity index is 560. The molecule has 2 rings (SSSR count). The maximum Gasteiger partial charge on any atom is 0.244 e. The van der Waals surface area contributed by atoms with Crippen molar-refractivity contribution in [3.63, 3.8) is 0 Å². The summed E-state index contributed by atoms with van der Waals surface area (Å²) in [7, 11) is -0.326. The SMILES string of the molecule is CN(C)S(=O)(=O)c1ccccc1N1CCCCC1CCl. The van der Waals surface area contributed by atoms with Crippen molar-refractivity contribution in [2.75, 3.05) is 31.4 Å². The van der Waals surface area contributed by atoms with E-state index < -0.39 is 10.0 Å². The number of para-hydroxylation sites is 1. The molecule has 6 heteroatoms. The molecule has 0 aromatic heterocycles. The summed E-state index contributed by atoms with van der Waals surface area (Å²) in [6.07, 6.45) is 3.24. The third kappa shape index (κ3) is 2.95. The van der Waals surface area contributed by atoms with E-state index in [0.29, 0.717) is 10.8 Å². The Labute approximate surface area is 126 Å². The fourth-order valence-electron chi connectivity index (χ4n) is 2.59. The number of sulfonamides is 1. The van der Waals surface area contributed by atoms with Gasteiger partial charge < -0.3 is 4.90 Å². The molecule has 4 nitrogen and oxygen atoms in total. The van der Waals surface area contributed by atoms with Crippen molar-refractivity contribution in [3.8, 4) is 0 Å². The highest BCUT2D eigenvalue weighted by Crippen LogP contribution is 2.32. The maximum atomic E-state index is 12.5. The Kier molecular flexibility index (Phi) is 4.94. The second kappa shape index (κ2) is 6.33. The van der Waals surface area contributed by atoms with E-state index in [0.717, 1.165) is 31.5 Å². The number of nitrogens with zero attached hydrogens (tertiary/aromatic N) is 2. The summed E-state index contributed by atoms with van der Waals surface area (Å²) >= 11 is 6.05. The second-order valence-electron chi connectivity index (χ2n) is 5.25. The van der Waals surface area contributed by atoms with Crippen molar-refractivity contribution < 1.29 is 8.42 Å². The molecule has 1 heterocycles. The van der Waals surface area contributed by atoms with Gasteiger partial charge in [0.25, 0.3) is 0 Å². The van der Waals surface area contributed by atoms with Crippen LogP contribution in [0.3, 0.4) is 0 Å². The Hall–Kier alpha value is -0.780. The molecule has 0 radical (unpaired) electrons. The van der Waals surface area contributed by atoms with Crippen molar-refractivity contribution in [2.24, 2.45) is 0 Å². The van der Waals surface area contributed by atoms with Gasteiger partial charge in [-0.3, -0.25) is 0 Å². The van der Waals surface area contributed by atoms with Crippen molar-refractivity contribution in [2.45, 2.75) is 30.2 Å². The number of hydrogen-bond acceptors (Lipinski definition) is 3. The molecular formula is C14H21ClN2O2S. The van der Waals surface area contributed by atoms with Crippen molar-refractivity contribution in [1.29, 1.82) is 0 Å². The van der Waals surface area contributed by atoms with E-state index in [1.54, 1.807) is 26.2 Å². The minimum Gasteiger partial charge on any atom is -0.366 e. The summed E-state index contributed by atoms with van der Waals surface area (Å²) < 4.78 is 26.2. The maximum absolute atomic E-state index is 12.5. The highest BCUT2D eigenvalue weighted by atomic mass is 35.5. The van der Waals surface area contributed by atoms with Gasteiger partial charge in [0.1, 0.15) is 4.90 Å². The van der Waals surface area contributed by atoms with Crippen LogP contribution in [0.15, 0.2) is 29.2 Å². The van der Waals surface area contributed by atoms with Crippen LogP contribution in [-0.2, 0) is 10.0 Å². The summed E-state index contributed by atoms with van der Waals surface area (Å²) in [4.78, 5) is 2.51. The monoisotopic (exact) mass is 316 g/mol. The molecule has 1 unspecified atom stereocenters. The molecule has 1 aromatic rings. The van der Waals surface area contributed by atoms with Crippen LogP contribution in [-0.4, -0.2) is 45.3 Å². The summed E-state index contributed by atoms with van der Waals surface area (Å²) in [5.74, 6) is 0.524. The van der Waals surface area contributed by atoms with Gasteiger partial charge in [0, 0.05) is 32.6 Å². The van der Waals surface area contributed by atoms with E-state index in [-0.39, 0.29) is 6.04 Å². The largest absolute Gasteiger partial charge is 0.366 e. The fourth-order valence-corrected chi connectivity index (χ4v) is 4.00. The number of piperidine rings is 1. The van der Waals surface area contributed by atoms with Crippen molar-refractivity contribution in [3.05, 3.63) is 24.3 Å². The van der Waals surface area contributed by atoms with Crippen LogP contribution in [0.4, 0.5) is 5.69 Å². The molecule has 0 N–H and O–H groups in total. The lowest BCUT2D eigenvalue weighted by atomic mass is 10.0. The fraction of sp³-hybridized carbons (Fsp3) is 0.571. The van der Waals surface area contributed by atoms with Gasteiger partial charge in [-0.05, 0) is 31.4 Å². The Morgan fingerprint density at radius 3 is 2.65 bits per heavy atom. The van der Waals surface area contributed by atoms with Crippen LogP contribution in [0.5, 0.6) is 0 Å². The summed E-state index contributed by atoms with van der Waals surface area (Å²) in [5, 5.41) is 0. The third-order valence-corrected chi connectivity index (χ3v) is 5.96. The van der Waals surface area contributed by atoms with E-state index in [9.17, 15) is 8.42 Å². The van der Waals surface area contributed by atoms with Gasteiger partial charge in [-0.15, -0.1) is 11.6 Å². The summed E-state index contributed by atoms with van der Waals surface area (Å²) in [6.45, 7) is 0.858. The summed E-state index contributed by atoms with van der Waals surface area (Å²) in [5.41, 5.74) is 0.770. The van der Waals surface area contributed by atoms with E-state index in [2.05, 4.69) is 4.90 Å². The lowest BCUT2D eigenvalue weighted by Crippen LogP contribution is -2.41. The zero-order valence-corrected chi connectivity index (χ0v) is 13.5. The summed E-state index contributed by atoms with van der Waals surface area (Å²) in [6, 6.07) is 7.40. The first-order chi connectivity index (χ1) is 9.48.